The second-order valence-corrected chi connectivity index (χ2v) is 4.16. The number of nitrogens with one attached hydrogen (secondary N) is 1. The van der Waals surface area contributed by atoms with Crippen molar-refractivity contribution in [2.45, 2.75) is 39.2 Å². The Bertz CT molecular complexity index is 211. The van der Waals surface area contributed by atoms with Gasteiger partial charge in [0.05, 0.1) is 0 Å². The van der Waals surface area contributed by atoms with E-state index in [1.807, 2.05) is 20.8 Å². The van der Waals surface area contributed by atoms with E-state index in [0.717, 1.165) is 5.57 Å². The van der Waals surface area contributed by atoms with Crippen LogP contribution in [0.1, 0.15) is 33.6 Å². The van der Waals surface area contributed by atoms with Crippen molar-refractivity contribution >= 4 is 5.91 Å². The van der Waals surface area contributed by atoms with Crippen molar-refractivity contribution in [3.05, 3.63) is 24.8 Å². The molecule has 0 aliphatic carbocycles. The molecule has 0 saturated heterocycles. The first-order valence-electron chi connectivity index (χ1n) is 4.46. The lowest BCUT2D eigenvalue weighted by molar-refractivity contribution is -0.122. The van der Waals surface area contributed by atoms with E-state index in [0.29, 0.717) is 12.8 Å². The summed E-state index contributed by atoms with van der Waals surface area (Å²) in [6.07, 6.45) is 2.86. The van der Waals surface area contributed by atoms with Gasteiger partial charge in [0.15, 0.2) is 0 Å². The molecule has 1 N–H and O–H groups in total. The van der Waals surface area contributed by atoms with E-state index in [2.05, 4.69) is 18.5 Å². The molecular formula is C11H19NO. The lowest BCUT2D eigenvalue weighted by atomic mass is 10.1. The summed E-state index contributed by atoms with van der Waals surface area (Å²) in [4.78, 5) is 11.3. The lowest BCUT2D eigenvalue weighted by Crippen LogP contribution is -2.40. The monoisotopic (exact) mass is 181 g/mol. The molecule has 0 aliphatic heterocycles. The Morgan fingerprint density at radius 3 is 2.31 bits per heavy atom. The smallest absolute Gasteiger partial charge is 0.220 e. The Balaban J connectivity index is 3.77. The van der Waals surface area contributed by atoms with E-state index in [1.54, 1.807) is 6.08 Å². The maximum atomic E-state index is 11.3. The SMILES string of the molecule is C=CC(=C)CCC(=O)NC(C)(C)C. The third kappa shape index (κ3) is 7.32. The van der Waals surface area contributed by atoms with Gasteiger partial charge in [-0.1, -0.05) is 24.8 Å². The summed E-state index contributed by atoms with van der Waals surface area (Å²) in [5, 5.41) is 2.88. The molecule has 0 aromatic rings. The highest BCUT2D eigenvalue weighted by Gasteiger charge is 2.12. The third-order valence-electron chi connectivity index (χ3n) is 1.48. The fourth-order valence-electron chi connectivity index (χ4n) is 0.857. The molecule has 0 rings (SSSR count). The fraction of sp³-hybridized carbons (Fsp3) is 0.545. The van der Waals surface area contributed by atoms with Gasteiger partial charge in [0, 0.05) is 12.0 Å². The van der Waals surface area contributed by atoms with Gasteiger partial charge >= 0.3 is 0 Å². The number of carbonyl (C=O) groups is 1. The zero-order valence-electron chi connectivity index (χ0n) is 8.81. The lowest BCUT2D eigenvalue weighted by Gasteiger charge is -2.20. The van der Waals surface area contributed by atoms with Gasteiger partial charge in [0.2, 0.25) is 5.91 Å². The summed E-state index contributed by atoms with van der Waals surface area (Å²) in [6.45, 7) is 13.2. The van der Waals surface area contributed by atoms with Gasteiger partial charge in [-0.3, -0.25) is 4.79 Å². The van der Waals surface area contributed by atoms with Gasteiger partial charge < -0.3 is 5.32 Å². The molecule has 0 heterocycles. The van der Waals surface area contributed by atoms with Gasteiger partial charge in [0.25, 0.3) is 0 Å². The molecule has 1 amide bonds. The van der Waals surface area contributed by atoms with Gasteiger partial charge in [-0.2, -0.15) is 0 Å². The van der Waals surface area contributed by atoms with Crippen LogP contribution in [-0.4, -0.2) is 11.4 Å². The number of rotatable bonds is 4. The van der Waals surface area contributed by atoms with Crippen LogP contribution in [0.3, 0.4) is 0 Å². The molecule has 0 spiro atoms. The van der Waals surface area contributed by atoms with E-state index < -0.39 is 0 Å². The van der Waals surface area contributed by atoms with Crippen molar-refractivity contribution in [2.75, 3.05) is 0 Å². The summed E-state index contributed by atoms with van der Waals surface area (Å²) in [6, 6.07) is 0. The number of allylic oxidation sites excluding steroid dienone is 2. The third-order valence-corrected chi connectivity index (χ3v) is 1.48. The molecule has 0 atom stereocenters. The predicted molar refractivity (Wildman–Crippen MR) is 56.5 cm³/mol. The standard InChI is InChI=1S/C11H19NO/c1-6-9(2)7-8-10(13)12-11(3,4)5/h6H,1-2,7-8H2,3-5H3,(H,12,13). The molecule has 74 valence electrons. The summed E-state index contributed by atoms with van der Waals surface area (Å²) in [5.74, 6) is 0.0653. The number of hydrogen-bond acceptors (Lipinski definition) is 1. The van der Waals surface area contributed by atoms with E-state index in [1.165, 1.54) is 0 Å². The van der Waals surface area contributed by atoms with Crippen LogP contribution in [0.5, 0.6) is 0 Å². The van der Waals surface area contributed by atoms with Crippen molar-refractivity contribution in [3.63, 3.8) is 0 Å². The van der Waals surface area contributed by atoms with Crippen LogP contribution in [0.15, 0.2) is 24.8 Å². The van der Waals surface area contributed by atoms with Crippen molar-refractivity contribution < 1.29 is 4.79 Å². The second-order valence-electron chi connectivity index (χ2n) is 4.16. The minimum Gasteiger partial charge on any atom is -0.351 e. The largest absolute Gasteiger partial charge is 0.351 e. The number of amides is 1. The molecule has 0 radical (unpaired) electrons. The molecule has 13 heavy (non-hydrogen) atoms. The van der Waals surface area contributed by atoms with Gasteiger partial charge in [0.1, 0.15) is 0 Å². The highest BCUT2D eigenvalue weighted by molar-refractivity contribution is 5.76. The van der Waals surface area contributed by atoms with E-state index in [4.69, 9.17) is 0 Å². The number of hydrogen-bond donors (Lipinski definition) is 1. The molecule has 0 saturated carbocycles. The molecule has 2 nitrogen and oxygen atoms in total. The Morgan fingerprint density at radius 2 is 1.92 bits per heavy atom. The maximum absolute atomic E-state index is 11.3. The zero-order valence-corrected chi connectivity index (χ0v) is 8.81. The Morgan fingerprint density at radius 1 is 1.38 bits per heavy atom. The Hall–Kier alpha value is -1.05. The van der Waals surface area contributed by atoms with Gasteiger partial charge in [-0.15, -0.1) is 0 Å². The highest BCUT2D eigenvalue weighted by Crippen LogP contribution is 2.05. The Kier molecular flexibility index (Phi) is 4.46. The van der Waals surface area contributed by atoms with Crippen molar-refractivity contribution in [1.82, 2.24) is 5.32 Å². The first-order chi connectivity index (χ1) is 5.85. The zero-order chi connectivity index (χ0) is 10.5. The van der Waals surface area contributed by atoms with Crippen LogP contribution in [0.2, 0.25) is 0 Å². The molecule has 0 fully saturated rings. The minimum absolute atomic E-state index is 0.0653. The minimum atomic E-state index is -0.146. The van der Waals surface area contributed by atoms with Crippen molar-refractivity contribution in [1.29, 1.82) is 0 Å². The van der Waals surface area contributed by atoms with Crippen LogP contribution < -0.4 is 5.32 Å². The molecule has 2 heteroatoms. The highest BCUT2D eigenvalue weighted by atomic mass is 16.1. The molecule has 0 aromatic heterocycles. The van der Waals surface area contributed by atoms with Crippen LogP contribution in [0.25, 0.3) is 0 Å². The van der Waals surface area contributed by atoms with E-state index in [-0.39, 0.29) is 11.4 Å². The summed E-state index contributed by atoms with van der Waals surface area (Å²) in [7, 11) is 0. The predicted octanol–water partition coefficient (Wildman–Crippen LogP) is 2.42. The fourth-order valence-corrected chi connectivity index (χ4v) is 0.857. The van der Waals surface area contributed by atoms with Gasteiger partial charge in [-0.25, -0.2) is 0 Å². The maximum Gasteiger partial charge on any atom is 0.220 e. The second kappa shape index (κ2) is 4.85. The Labute approximate surface area is 80.7 Å². The summed E-state index contributed by atoms with van der Waals surface area (Å²) in [5.41, 5.74) is 0.760. The molecular weight excluding hydrogens is 162 g/mol. The van der Waals surface area contributed by atoms with Crippen molar-refractivity contribution in [3.8, 4) is 0 Å². The van der Waals surface area contributed by atoms with E-state index >= 15 is 0 Å². The number of carbonyl (C=O) groups excluding carboxylic acids is 1. The first kappa shape index (κ1) is 11.9. The molecule has 0 aromatic carbocycles. The average Bonchev–Trinajstić information content (AvgIpc) is 1.97. The van der Waals surface area contributed by atoms with E-state index in [9.17, 15) is 4.79 Å². The van der Waals surface area contributed by atoms with Gasteiger partial charge in [-0.05, 0) is 27.2 Å². The van der Waals surface area contributed by atoms with Crippen molar-refractivity contribution in [2.24, 2.45) is 0 Å². The van der Waals surface area contributed by atoms with Crippen LogP contribution in [0, 0.1) is 0 Å². The molecule has 0 bridgehead atoms. The quantitative estimate of drug-likeness (QED) is 0.663. The summed E-state index contributed by atoms with van der Waals surface area (Å²) < 4.78 is 0. The topological polar surface area (TPSA) is 29.1 Å². The van der Waals surface area contributed by atoms with Crippen LogP contribution in [-0.2, 0) is 4.79 Å². The van der Waals surface area contributed by atoms with Crippen LogP contribution >= 0.6 is 0 Å². The molecule has 0 aliphatic rings. The normalized spacial score (nSPS) is 10.7. The average molecular weight is 181 g/mol. The summed E-state index contributed by atoms with van der Waals surface area (Å²) >= 11 is 0. The van der Waals surface area contributed by atoms with Crippen LogP contribution in [0.4, 0.5) is 0 Å². The molecule has 0 unspecified atom stereocenters. The first-order valence-corrected chi connectivity index (χ1v) is 4.46.